The van der Waals surface area contributed by atoms with E-state index >= 15 is 0 Å². The summed E-state index contributed by atoms with van der Waals surface area (Å²) in [6.45, 7) is 0. The van der Waals surface area contributed by atoms with Crippen LogP contribution in [-0.4, -0.2) is 10.1 Å². The summed E-state index contributed by atoms with van der Waals surface area (Å²) in [5.41, 5.74) is 0. The zero-order valence-electron chi connectivity index (χ0n) is 9.88. The fourth-order valence-electron chi connectivity index (χ4n) is 1.82. The second-order valence-electron chi connectivity index (χ2n) is 4.08. The van der Waals surface area contributed by atoms with Crippen molar-refractivity contribution in [3.63, 3.8) is 0 Å². The first-order chi connectivity index (χ1) is 9.22. The van der Waals surface area contributed by atoms with Crippen LogP contribution in [0.3, 0.4) is 0 Å². The third-order valence-electron chi connectivity index (χ3n) is 2.74. The van der Waals surface area contributed by atoms with E-state index in [9.17, 15) is 5.11 Å². The molecule has 1 aromatic heterocycles. The first-order valence-corrected chi connectivity index (χ1v) is 6.11. The van der Waals surface area contributed by atoms with Crippen LogP contribution in [0.1, 0.15) is 0 Å². The Labute approximate surface area is 115 Å². The monoisotopic (exact) mass is 271 g/mol. The molecule has 3 rings (SSSR count). The van der Waals surface area contributed by atoms with E-state index in [2.05, 4.69) is 4.98 Å². The van der Waals surface area contributed by atoms with Crippen LogP contribution in [-0.2, 0) is 0 Å². The van der Waals surface area contributed by atoms with Crippen molar-refractivity contribution >= 4 is 22.4 Å². The quantitative estimate of drug-likeness (QED) is 0.752. The van der Waals surface area contributed by atoms with Crippen molar-refractivity contribution in [2.24, 2.45) is 0 Å². The average molecular weight is 272 g/mol. The molecule has 0 unspecified atom stereocenters. The molecule has 0 aliphatic carbocycles. The van der Waals surface area contributed by atoms with E-state index in [-0.39, 0.29) is 5.75 Å². The number of halogens is 1. The van der Waals surface area contributed by atoms with Gasteiger partial charge in [0, 0.05) is 12.3 Å². The maximum atomic E-state index is 9.95. The number of phenols is 1. The van der Waals surface area contributed by atoms with E-state index in [1.165, 1.54) is 6.20 Å². The second-order valence-corrected chi connectivity index (χ2v) is 4.52. The fourth-order valence-corrected chi connectivity index (χ4v) is 1.94. The van der Waals surface area contributed by atoms with Gasteiger partial charge in [-0.15, -0.1) is 0 Å². The number of ether oxygens (including phenoxy) is 1. The fraction of sp³-hybridized carbons (Fsp3) is 0. The lowest BCUT2D eigenvalue weighted by Gasteiger charge is -2.08. The molecule has 0 spiro atoms. The number of fused-ring (bicyclic) bond motifs is 1. The molecule has 2 aromatic carbocycles. The van der Waals surface area contributed by atoms with Crippen LogP contribution in [0.5, 0.6) is 17.4 Å². The first-order valence-electron chi connectivity index (χ1n) is 5.73. The van der Waals surface area contributed by atoms with Gasteiger partial charge in [-0.2, -0.15) is 0 Å². The summed E-state index contributed by atoms with van der Waals surface area (Å²) in [7, 11) is 0. The Balaban J connectivity index is 2.00. The maximum Gasteiger partial charge on any atom is 0.219 e. The van der Waals surface area contributed by atoms with Crippen molar-refractivity contribution in [1.82, 2.24) is 4.98 Å². The Bertz CT molecular complexity index is 726. The lowest BCUT2D eigenvalue weighted by molar-refractivity contribution is 0.404. The number of hydrogen-bond acceptors (Lipinski definition) is 3. The van der Waals surface area contributed by atoms with Crippen LogP contribution in [0.25, 0.3) is 10.8 Å². The van der Waals surface area contributed by atoms with Crippen LogP contribution >= 0.6 is 11.6 Å². The van der Waals surface area contributed by atoms with Crippen molar-refractivity contribution in [3.05, 3.63) is 59.8 Å². The largest absolute Gasteiger partial charge is 0.504 e. The smallest absolute Gasteiger partial charge is 0.219 e. The van der Waals surface area contributed by atoms with Crippen molar-refractivity contribution in [2.45, 2.75) is 0 Å². The molecule has 0 aliphatic heterocycles. The molecule has 4 heteroatoms. The Morgan fingerprint density at radius 2 is 1.74 bits per heavy atom. The van der Waals surface area contributed by atoms with E-state index in [1.54, 1.807) is 24.3 Å². The highest BCUT2D eigenvalue weighted by Crippen LogP contribution is 2.34. The van der Waals surface area contributed by atoms with Crippen LogP contribution in [0.15, 0.2) is 54.7 Å². The highest BCUT2D eigenvalue weighted by atomic mass is 35.5. The van der Waals surface area contributed by atoms with Gasteiger partial charge in [-0.05, 0) is 29.0 Å². The van der Waals surface area contributed by atoms with Crippen molar-refractivity contribution < 1.29 is 9.84 Å². The van der Waals surface area contributed by atoms with Crippen LogP contribution < -0.4 is 4.74 Å². The van der Waals surface area contributed by atoms with Crippen LogP contribution in [0.4, 0.5) is 0 Å². The summed E-state index contributed by atoms with van der Waals surface area (Å²) in [6, 6.07) is 14.5. The zero-order valence-corrected chi connectivity index (χ0v) is 10.6. The number of rotatable bonds is 2. The lowest BCUT2D eigenvalue weighted by Crippen LogP contribution is -1.88. The van der Waals surface area contributed by atoms with Gasteiger partial charge in [-0.3, -0.25) is 0 Å². The average Bonchev–Trinajstić information content (AvgIpc) is 2.42. The van der Waals surface area contributed by atoms with E-state index in [0.717, 1.165) is 10.8 Å². The summed E-state index contributed by atoms with van der Waals surface area (Å²) < 4.78 is 5.55. The topological polar surface area (TPSA) is 42.4 Å². The number of aromatic hydroxyl groups is 1. The minimum Gasteiger partial charge on any atom is -0.504 e. The number of phenolic OH excluding ortho intramolecular Hbond substituents is 1. The molecule has 0 amide bonds. The normalized spacial score (nSPS) is 10.6. The summed E-state index contributed by atoms with van der Waals surface area (Å²) in [5.74, 6) is 0.832. The highest BCUT2D eigenvalue weighted by molar-refractivity contribution is 6.30. The maximum absolute atomic E-state index is 9.95. The van der Waals surface area contributed by atoms with Gasteiger partial charge in [0.25, 0.3) is 0 Å². The number of nitrogens with zero attached hydrogens (tertiary/aromatic N) is 1. The summed E-state index contributed by atoms with van der Waals surface area (Å²) >= 11 is 5.76. The van der Waals surface area contributed by atoms with Gasteiger partial charge in [0.2, 0.25) is 5.88 Å². The molecule has 1 heterocycles. The van der Waals surface area contributed by atoms with Gasteiger partial charge < -0.3 is 9.84 Å². The predicted octanol–water partition coefficient (Wildman–Crippen LogP) is 4.39. The minimum absolute atomic E-state index is 0.0791. The summed E-state index contributed by atoms with van der Waals surface area (Å²) in [5, 5.41) is 12.4. The van der Waals surface area contributed by atoms with Gasteiger partial charge in [-0.25, -0.2) is 4.98 Å². The molecule has 0 atom stereocenters. The Kier molecular flexibility index (Phi) is 2.97. The van der Waals surface area contributed by atoms with Gasteiger partial charge in [-0.1, -0.05) is 35.9 Å². The Morgan fingerprint density at radius 3 is 2.42 bits per heavy atom. The van der Waals surface area contributed by atoms with Gasteiger partial charge in [0.15, 0.2) is 11.5 Å². The Hall–Kier alpha value is -2.26. The number of pyridine rings is 1. The van der Waals surface area contributed by atoms with Gasteiger partial charge >= 0.3 is 0 Å². The third kappa shape index (κ3) is 2.46. The molecule has 3 nitrogen and oxygen atoms in total. The first kappa shape index (κ1) is 11.8. The zero-order chi connectivity index (χ0) is 13.2. The molecule has 0 bridgehead atoms. The molecule has 1 N–H and O–H groups in total. The second kappa shape index (κ2) is 4.78. The molecule has 94 valence electrons. The molecule has 0 radical (unpaired) electrons. The molecule has 0 aliphatic rings. The molecule has 19 heavy (non-hydrogen) atoms. The number of aromatic nitrogens is 1. The van der Waals surface area contributed by atoms with Crippen molar-refractivity contribution in [3.8, 4) is 17.4 Å². The van der Waals surface area contributed by atoms with Crippen molar-refractivity contribution in [1.29, 1.82) is 0 Å². The SMILES string of the molecule is Oc1cc2ccccc2cc1Oc1ccc(Cl)cn1. The molecule has 0 saturated carbocycles. The van der Waals surface area contributed by atoms with E-state index < -0.39 is 0 Å². The molecular formula is C15H10ClNO2. The molecular weight excluding hydrogens is 262 g/mol. The van der Waals surface area contributed by atoms with Gasteiger partial charge in [0.1, 0.15) is 0 Å². The van der Waals surface area contributed by atoms with Crippen molar-refractivity contribution in [2.75, 3.05) is 0 Å². The highest BCUT2D eigenvalue weighted by Gasteiger charge is 2.07. The van der Waals surface area contributed by atoms with Crippen LogP contribution in [0.2, 0.25) is 5.02 Å². The lowest BCUT2D eigenvalue weighted by atomic mass is 10.1. The van der Waals surface area contributed by atoms with Gasteiger partial charge in [0.05, 0.1) is 5.02 Å². The molecule has 3 aromatic rings. The molecule has 0 saturated heterocycles. The standard InChI is InChI=1S/C15H10ClNO2/c16-12-5-6-15(17-9-12)19-14-8-11-4-2-1-3-10(11)7-13(14)18/h1-9,18H. The third-order valence-corrected chi connectivity index (χ3v) is 2.97. The van der Waals surface area contributed by atoms with E-state index in [0.29, 0.717) is 16.7 Å². The Morgan fingerprint density at radius 1 is 1.00 bits per heavy atom. The van der Waals surface area contributed by atoms with Crippen LogP contribution in [0, 0.1) is 0 Å². The minimum atomic E-state index is 0.0791. The van der Waals surface area contributed by atoms with E-state index in [4.69, 9.17) is 16.3 Å². The predicted molar refractivity (Wildman–Crippen MR) is 74.9 cm³/mol. The molecule has 0 fully saturated rings. The number of benzene rings is 2. The number of hydrogen-bond donors (Lipinski definition) is 1. The summed E-state index contributed by atoms with van der Waals surface area (Å²) in [4.78, 5) is 4.03. The summed E-state index contributed by atoms with van der Waals surface area (Å²) in [6.07, 6.45) is 1.50. The van der Waals surface area contributed by atoms with E-state index in [1.807, 2.05) is 24.3 Å².